The van der Waals surface area contributed by atoms with Crippen LogP contribution in [0.1, 0.15) is 11.3 Å². The second-order valence-electron chi connectivity index (χ2n) is 6.89. The molecule has 4 heterocycles. The second-order valence-corrected chi connectivity index (χ2v) is 6.89. The van der Waals surface area contributed by atoms with Crippen molar-refractivity contribution in [1.82, 2.24) is 24.7 Å². The van der Waals surface area contributed by atoms with Gasteiger partial charge in [-0.2, -0.15) is 5.10 Å². The summed E-state index contributed by atoms with van der Waals surface area (Å²) in [5.41, 5.74) is 8.81. The van der Waals surface area contributed by atoms with Crippen LogP contribution < -0.4 is 20.9 Å². The molecule has 0 radical (unpaired) electrons. The number of hydrogen-bond donors (Lipinski definition) is 2. The van der Waals surface area contributed by atoms with Gasteiger partial charge in [0.2, 0.25) is 5.95 Å². The van der Waals surface area contributed by atoms with Crippen molar-refractivity contribution in [1.29, 1.82) is 0 Å². The van der Waals surface area contributed by atoms with Crippen molar-refractivity contribution < 1.29 is 4.74 Å². The first-order valence-electron chi connectivity index (χ1n) is 9.23. The fourth-order valence-corrected chi connectivity index (χ4v) is 3.69. The molecule has 0 amide bonds. The molecule has 1 aliphatic rings. The number of H-pyrrole nitrogens is 1. The Bertz CT molecular complexity index is 1260. The van der Waals surface area contributed by atoms with Gasteiger partial charge in [-0.05, 0) is 17.7 Å². The maximum Gasteiger partial charge on any atom is 0.262 e. The van der Waals surface area contributed by atoms with Gasteiger partial charge in [0.15, 0.2) is 0 Å². The zero-order chi connectivity index (χ0) is 20.0. The molecule has 3 N–H and O–H groups in total. The van der Waals surface area contributed by atoms with E-state index in [9.17, 15) is 4.79 Å². The van der Waals surface area contributed by atoms with Crippen LogP contribution in [-0.2, 0) is 13.0 Å². The number of nitrogens with two attached hydrogens (primary N) is 1. The highest BCUT2D eigenvalue weighted by atomic mass is 16.5. The smallest absolute Gasteiger partial charge is 0.262 e. The summed E-state index contributed by atoms with van der Waals surface area (Å²) in [6.07, 6.45) is 4.17. The zero-order valence-corrected chi connectivity index (χ0v) is 15.8. The van der Waals surface area contributed by atoms with Gasteiger partial charge in [-0.1, -0.05) is 6.07 Å². The van der Waals surface area contributed by atoms with Gasteiger partial charge in [0.05, 0.1) is 23.7 Å². The lowest BCUT2D eigenvalue weighted by Crippen LogP contribution is -2.33. The van der Waals surface area contributed by atoms with E-state index in [2.05, 4.69) is 15.1 Å². The molecule has 0 saturated heterocycles. The third-order valence-corrected chi connectivity index (χ3v) is 5.11. The third-order valence-electron chi connectivity index (χ3n) is 5.11. The van der Waals surface area contributed by atoms with Crippen molar-refractivity contribution in [2.45, 2.75) is 13.0 Å². The number of nitrogens with one attached hydrogen (secondary N) is 1. The molecule has 0 unspecified atom stereocenters. The Balaban J connectivity index is 1.62. The lowest BCUT2D eigenvalue weighted by molar-refractivity contribution is 0.415. The first-order chi connectivity index (χ1) is 14.1. The van der Waals surface area contributed by atoms with Crippen molar-refractivity contribution in [3.05, 3.63) is 64.3 Å². The largest absolute Gasteiger partial charge is 0.497 e. The van der Waals surface area contributed by atoms with Crippen molar-refractivity contribution in [2.24, 2.45) is 0 Å². The van der Waals surface area contributed by atoms with E-state index in [-0.39, 0.29) is 5.56 Å². The zero-order valence-electron chi connectivity index (χ0n) is 15.8. The minimum atomic E-state index is -0.223. The van der Waals surface area contributed by atoms with Gasteiger partial charge in [-0.3, -0.25) is 9.78 Å². The normalized spacial score (nSPS) is 13.5. The molecule has 9 nitrogen and oxygen atoms in total. The van der Waals surface area contributed by atoms with Crippen LogP contribution in [0.4, 0.5) is 11.8 Å². The standard InChI is InChI=1S/C20H19N7O2/c1-29-13-9-15-18(16(10-13)27-7-2-6-22-27)19(28)25-20(24-15)26-8-5-14-12(11-26)3-4-17(21)23-14/h2-4,6-7,9-10H,5,8,11H2,1H3,(H2,21,23)(H,24,25,28). The van der Waals surface area contributed by atoms with Crippen molar-refractivity contribution in [3.63, 3.8) is 0 Å². The van der Waals surface area contributed by atoms with Crippen LogP contribution in [-0.4, -0.2) is 38.4 Å². The molecule has 1 aromatic carbocycles. The van der Waals surface area contributed by atoms with E-state index in [1.807, 2.05) is 11.0 Å². The van der Waals surface area contributed by atoms with Gasteiger partial charge in [-0.25, -0.2) is 14.6 Å². The van der Waals surface area contributed by atoms with Gasteiger partial charge < -0.3 is 15.4 Å². The lowest BCUT2D eigenvalue weighted by atomic mass is 10.1. The van der Waals surface area contributed by atoms with E-state index in [4.69, 9.17) is 15.5 Å². The summed E-state index contributed by atoms with van der Waals surface area (Å²) >= 11 is 0. The molecule has 9 heteroatoms. The molecule has 5 rings (SSSR count). The van der Waals surface area contributed by atoms with Gasteiger partial charge in [-0.15, -0.1) is 0 Å². The molecule has 3 aromatic heterocycles. The molecule has 1 aliphatic heterocycles. The number of hydrogen-bond acceptors (Lipinski definition) is 7. The van der Waals surface area contributed by atoms with Crippen molar-refractivity contribution in [2.75, 3.05) is 24.3 Å². The molecule has 0 atom stereocenters. The highest BCUT2D eigenvalue weighted by Crippen LogP contribution is 2.27. The fraction of sp³-hybridized carbons (Fsp3) is 0.200. The molecular formula is C20H19N7O2. The summed E-state index contributed by atoms with van der Waals surface area (Å²) in [5, 5.41) is 4.71. The highest BCUT2D eigenvalue weighted by Gasteiger charge is 2.21. The average Bonchev–Trinajstić information content (AvgIpc) is 3.27. The van der Waals surface area contributed by atoms with Crippen LogP contribution in [0.15, 0.2) is 47.5 Å². The van der Waals surface area contributed by atoms with Crippen molar-refractivity contribution >= 4 is 22.7 Å². The van der Waals surface area contributed by atoms with E-state index < -0.39 is 0 Å². The van der Waals surface area contributed by atoms with E-state index in [0.29, 0.717) is 47.2 Å². The van der Waals surface area contributed by atoms with Crippen LogP contribution in [0.5, 0.6) is 5.75 Å². The molecule has 0 aliphatic carbocycles. The first kappa shape index (κ1) is 17.2. The van der Waals surface area contributed by atoms with E-state index >= 15 is 0 Å². The molecule has 0 bridgehead atoms. The number of nitrogen functional groups attached to an aromatic ring is 1. The number of anilines is 2. The van der Waals surface area contributed by atoms with Crippen LogP contribution in [0.2, 0.25) is 0 Å². The molecule has 4 aromatic rings. The Kier molecular flexibility index (Phi) is 3.94. The topological polar surface area (TPSA) is 115 Å². The quantitative estimate of drug-likeness (QED) is 0.547. The van der Waals surface area contributed by atoms with Gasteiger partial charge in [0, 0.05) is 49.7 Å². The highest BCUT2D eigenvalue weighted by molar-refractivity contribution is 5.88. The Morgan fingerprint density at radius 3 is 2.93 bits per heavy atom. The van der Waals surface area contributed by atoms with Crippen LogP contribution in [0.25, 0.3) is 16.6 Å². The summed E-state index contributed by atoms with van der Waals surface area (Å²) in [6, 6.07) is 9.11. The third kappa shape index (κ3) is 2.96. The summed E-state index contributed by atoms with van der Waals surface area (Å²) in [7, 11) is 1.59. The number of ether oxygens (including phenoxy) is 1. The minimum Gasteiger partial charge on any atom is -0.497 e. The average molecular weight is 389 g/mol. The monoisotopic (exact) mass is 389 g/mol. The Labute approximate surface area is 165 Å². The summed E-state index contributed by atoms with van der Waals surface area (Å²) in [5.74, 6) is 1.65. The lowest BCUT2D eigenvalue weighted by Gasteiger charge is -2.28. The minimum absolute atomic E-state index is 0.223. The van der Waals surface area contributed by atoms with Crippen LogP contribution >= 0.6 is 0 Å². The molecular weight excluding hydrogens is 370 g/mol. The molecule has 146 valence electrons. The maximum absolute atomic E-state index is 13.0. The molecule has 0 spiro atoms. The molecule has 0 fully saturated rings. The second kappa shape index (κ2) is 6.62. The van der Waals surface area contributed by atoms with E-state index in [1.165, 1.54) is 0 Å². The molecule has 0 saturated carbocycles. The van der Waals surface area contributed by atoms with Crippen LogP contribution in [0, 0.1) is 0 Å². The number of methoxy groups -OCH3 is 1. The number of rotatable bonds is 3. The predicted molar refractivity (Wildman–Crippen MR) is 109 cm³/mol. The Morgan fingerprint density at radius 2 is 2.14 bits per heavy atom. The number of aromatic nitrogens is 5. The number of fused-ring (bicyclic) bond motifs is 2. The number of pyridine rings is 1. The Hall–Kier alpha value is -3.88. The predicted octanol–water partition coefficient (Wildman–Crippen LogP) is 1.66. The summed E-state index contributed by atoms with van der Waals surface area (Å²) < 4.78 is 7.05. The van der Waals surface area contributed by atoms with E-state index in [0.717, 1.165) is 17.7 Å². The maximum atomic E-state index is 13.0. The fourth-order valence-electron chi connectivity index (χ4n) is 3.69. The van der Waals surface area contributed by atoms with Gasteiger partial charge >= 0.3 is 0 Å². The van der Waals surface area contributed by atoms with Crippen LogP contribution in [0.3, 0.4) is 0 Å². The Morgan fingerprint density at radius 1 is 1.24 bits per heavy atom. The summed E-state index contributed by atoms with van der Waals surface area (Å²) in [4.78, 5) is 27.1. The number of benzene rings is 1. The van der Waals surface area contributed by atoms with Gasteiger partial charge in [0.1, 0.15) is 11.6 Å². The summed E-state index contributed by atoms with van der Waals surface area (Å²) in [6.45, 7) is 1.29. The van der Waals surface area contributed by atoms with Gasteiger partial charge in [0.25, 0.3) is 5.56 Å². The number of nitrogens with zero attached hydrogens (tertiary/aromatic N) is 5. The first-order valence-corrected chi connectivity index (χ1v) is 9.23. The SMILES string of the molecule is COc1cc(-n2cccn2)c2c(=O)[nH]c(N3CCc4nc(N)ccc4C3)nc2c1. The van der Waals surface area contributed by atoms with E-state index in [1.54, 1.807) is 48.5 Å². The van der Waals surface area contributed by atoms with Crippen molar-refractivity contribution in [3.8, 4) is 11.4 Å². The molecule has 29 heavy (non-hydrogen) atoms. The number of aromatic amines is 1.